The van der Waals surface area contributed by atoms with Gasteiger partial charge in [0.1, 0.15) is 5.82 Å². The molecule has 2 atom stereocenters. The number of aromatic amines is 1. The molecule has 2 aliphatic rings. The monoisotopic (exact) mass is 382 g/mol. The van der Waals surface area contributed by atoms with E-state index in [1.54, 1.807) is 6.07 Å². The highest BCUT2D eigenvalue weighted by Crippen LogP contribution is 2.37. The number of morpholine rings is 1. The molecule has 0 radical (unpaired) electrons. The fourth-order valence-electron chi connectivity index (χ4n) is 4.59. The van der Waals surface area contributed by atoms with Crippen LogP contribution in [0.25, 0.3) is 0 Å². The predicted molar refractivity (Wildman–Crippen MR) is 112 cm³/mol. The second-order valence-electron chi connectivity index (χ2n) is 8.49. The smallest absolute Gasteiger partial charge is 0.254 e. The van der Waals surface area contributed by atoms with Crippen LogP contribution in [0.3, 0.4) is 0 Å². The van der Waals surface area contributed by atoms with Crippen LogP contribution in [0.4, 0.5) is 11.8 Å². The molecule has 1 unspecified atom stereocenters. The van der Waals surface area contributed by atoms with Crippen molar-refractivity contribution < 1.29 is 4.74 Å². The molecule has 2 saturated heterocycles. The van der Waals surface area contributed by atoms with Crippen LogP contribution in [-0.4, -0.2) is 48.4 Å². The fraction of sp³-hybridized carbons (Fsp3) is 0.545. The SMILES string of the molecule is C[C@@H]1CN(c2cc(=O)[nH]c(N3CCCC3C(C)(C)c3ccccc3)n2)CCO1. The molecular formula is C22H30N4O2. The molecule has 150 valence electrons. The van der Waals surface area contributed by atoms with Gasteiger partial charge in [0.2, 0.25) is 5.95 Å². The van der Waals surface area contributed by atoms with E-state index in [1.807, 2.05) is 0 Å². The first-order valence-corrected chi connectivity index (χ1v) is 10.3. The lowest BCUT2D eigenvalue weighted by Gasteiger charge is -2.39. The molecule has 2 aliphatic heterocycles. The van der Waals surface area contributed by atoms with E-state index in [9.17, 15) is 4.79 Å². The summed E-state index contributed by atoms with van der Waals surface area (Å²) < 4.78 is 5.63. The molecule has 0 bridgehead atoms. The van der Waals surface area contributed by atoms with Gasteiger partial charge < -0.3 is 14.5 Å². The van der Waals surface area contributed by atoms with Gasteiger partial charge in [-0.1, -0.05) is 44.2 Å². The third kappa shape index (κ3) is 3.65. The fourth-order valence-corrected chi connectivity index (χ4v) is 4.59. The standard InChI is InChI=1S/C22H30N4O2/c1-16-15-25(12-13-28-16)19-14-20(27)24-21(23-19)26-11-7-10-18(26)22(2,3)17-8-5-4-6-9-17/h4-6,8-9,14,16,18H,7,10-13,15H2,1-3H3,(H,23,24,27)/t16-,18?/m1/s1. The van der Waals surface area contributed by atoms with Crippen LogP contribution in [0.2, 0.25) is 0 Å². The zero-order valence-corrected chi connectivity index (χ0v) is 17.0. The van der Waals surface area contributed by atoms with Crippen LogP contribution in [0.1, 0.15) is 39.2 Å². The van der Waals surface area contributed by atoms with Crippen molar-refractivity contribution in [1.82, 2.24) is 9.97 Å². The summed E-state index contributed by atoms with van der Waals surface area (Å²) in [6, 6.07) is 12.5. The second kappa shape index (κ2) is 7.59. The first-order chi connectivity index (χ1) is 13.4. The highest BCUT2D eigenvalue weighted by Gasteiger charge is 2.39. The van der Waals surface area contributed by atoms with Gasteiger partial charge in [-0.3, -0.25) is 9.78 Å². The Balaban J connectivity index is 1.65. The van der Waals surface area contributed by atoms with Crippen LogP contribution < -0.4 is 15.4 Å². The number of benzene rings is 1. The van der Waals surface area contributed by atoms with Crippen LogP contribution in [0, 0.1) is 0 Å². The molecule has 0 aliphatic carbocycles. The van der Waals surface area contributed by atoms with Gasteiger partial charge in [0, 0.05) is 37.2 Å². The van der Waals surface area contributed by atoms with E-state index in [0.29, 0.717) is 12.6 Å². The first kappa shape index (κ1) is 19.0. The summed E-state index contributed by atoms with van der Waals surface area (Å²) in [5.74, 6) is 1.44. The molecular weight excluding hydrogens is 352 g/mol. The quantitative estimate of drug-likeness (QED) is 0.881. The number of rotatable bonds is 4. The maximum Gasteiger partial charge on any atom is 0.254 e. The zero-order valence-electron chi connectivity index (χ0n) is 17.0. The highest BCUT2D eigenvalue weighted by molar-refractivity contribution is 5.46. The normalized spacial score (nSPS) is 23.2. The molecule has 6 heteroatoms. The Morgan fingerprint density at radius 1 is 1.21 bits per heavy atom. The molecule has 0 spiro atoms. The minimum absolute atomic E-state index is 0.0419. The summed E-state index contributed by atoms with van der Waals surface area (Å²) in [5.41, 5.74) is 1.18. The van der Waals surface area contributed by atoms with Gasteiger partial charge in [0.05, 0.1) is 12.7 Å². The van der Waals surface area contributed by atoms with E-state index in [0.717, 1.165) is 38.3 Å². The average molecular weight is 383 g/mol. The van der Waals surface area contributed by atoms with Gasteiger partial charge in [-0.05, 0) is 25.3 Å². The number of nitrogens with one attached hydrogen (secondary N) is 1. The van der Waals surface area contributed by atoms with Crippen molar-refractivity contribution in [3.63, 3.8) is 0 Å². The number of aromatic nitrogens is 2. The Hall–Kier alpha value is -2.34. The minimum Gasteiger partial charge on any atom is -0.375 e. The molecule has 1 aromatic carbocycles. The molecule has 0 saturated carbocycles. The van der Waals surface area contributed by atoms with Gasteiger partial charge in [0.15, 0.2) is 0 Å². The van der Waals surface area contributed by atoms with E-state index in [1.165, 1.54) is 5.56 Å². The maximum atomic E-state index is 12.4. The summed E-state index contributed by atoms with van der Waals surface area (Å²) in [6.45, 7) is 9.73. The summed E-state index contributed by atoms with van der Waals surface area (Å²) in [6.07, 6.45) is 2.34. The van der Waals surface area contributed by atoms with Crippen LogP contribution >= 0.6 is 0 Å². The van der Waals surface area contributed by atoms with E-state index >= 15 is 0 Å². The third-order valence-electron chi connectivity index (χ3n) is 6.16. The molecule has 2 fully saturated rings. The number of H-pyrrole nitrogens is 1. The Labute approximate surface area is 166 Å². The molecule has 28 heavy (non-hydrogen) atoms. The van der Waals surface area contributed by atoms with Gasteiger partial charge in [-0.25, -0.2) is 0 Å². The van der Waals surface area contributed by atoms with Gasteiger partial charge >= 0.3 is 0 Å². The average Bonchev–Trinajstić information content (AvgIpc) is 3.19. The van der Waals surface area contributed by atoms with Crippen LogP contribution in [-0.2, 0) is 10.2 Å². The van der Waals surface area contributed by atoms with Crippen molar-refractivity contribution >= 4 is 11.8 Å². The van der Waals surface area contributed by atoms with Crippen molar-refractivity contribution in [3.05, 3.63) is 52.3 Å². The largest absolute Gasteiger partial charge is 0.375 e. The lowest BCUT2D eigenvalue weighted by Crippen LogP contribution is -2.46. The summed E-state index contributed by atoms with van der Waals surface area (Å²) in [5, 5.41) is 0. The Bertz CT molecular complexity index is 864. The molecule has 0 amide bonds. The second-order valence-corrected chi connectivity index (χ2v) is 8.49. The zero-order chi connectivity index (χ0) is 19.7. The van der Waals surface area contributed by atoms with Gasteiger partial charge in [-0.15, -0.1) is 0 Å². The molecule has 6 nitrogen and oxygen atoms in total. The maximum absolute atomic E-state index is 12.4. The Kier molecular flexibility index (Phi) is 5.15. The predicted octanol–water partition coefficient (Wildman–Crippen LogP) is 2.94. The summed E-state index contributed by atoms with van der Waals surface area (Å²) in [4.78, 5) is 24.8. The number of nitrogens with zero attached hydrogens (tertiary/aromatic N) is 3. The van der Waals surface area contributed by atoms with Crippen LogP contribution in [0.5, 0.6) is 0 Å². The van der Waals surface area contributed by atoms with Gasteiger partial charge in [0.25, 0.3) is 5.56 Å². The number of hydrogen-bond acceptors (Lipinski definition) is 5. The van der Waals surface area contributed by atoms with E-state index in [-0.39, 0.29) is 23.1 Å². The molecule has 4 rings (SSSR count). The van der Waals surface area contributed by atoms with Crippen molar-refractivity contribution in [3.8, 4) is 0 Å². The van der Waals surface area contributed by atoms with Crippen LogP contribution in [0.15, 0.2) is 41.2 Å². The van der Waals surface area contributed by atoms with Crippen molar-refractivity contribution in [2.24, 2.45) is 0 Å². The summed E-state index contributed by atoms with van der Waals surface area (Å²) in [7, 11) is 0. The van der Waals surface area contributed by atoms with E-state index in [2.05, 4.69) is 65.9 Å². The number of ether oxygens (including phenoxy) is 1. The lowest BCUT2D eigenvalue weighted by molar-refractivity contribution is 0.0529. The van der Waals surface area contributed by atoms with Crippen molar-refractivity contribution in [2.45, 2.75) is 51.2 Å². The number of anilines is 2. The van der Waals surface area contributed by atoms with E-state index in [4.69, 9.17) is 9.72 Å². The number of hydrogen-bond donors (Lipinski definition) is 1. The highest BCUT2D eigenvalue weighted by atomic mass is 16.5. The molecule has 2 aromatic rings. The first-order valence-electron chi connectivity index (χ1n) is 10.3. The lowest BCUT2D eigenvalue weighted by atomic mass is 9.76. The Morgan fingerprint density at radius 2 is 2.00 bits per heavy atom. The van der Waals surface area contributed by atoms with Crippen molar-refractivity contribution in [1.29, 1.82) is 0 Å². The minimum atomic E-state index is -0.0951. The molecule has 3 heterocycles. The topological polar surface area (TPSA) is 61.5 Å². The van der Waals surface area contributed by atoms with Gasteiger partial charge in [-0.2, -0.15) is 4.98 Å². The summed E-state index contributed by atoms with van der Waals surface area (Å²) >= 11 is 0. The Morgan fingerprint density at radius 3 is 2.75 bits per heavy atom. The van der Waals surface area contributed by atoms with Crippen molar-refractivity contribution in [2.75, 3.05) is 36.0 Å². The third-order valence-corrected chi connectivity index (χ3v) is 6.16. The molecule has 1 aromatic heterocycles. The molecule has 1 N–H and O–H groups in total. The van der Waals surface area contributed by atoms with E-state index < -0.39 is 0 Å².